The van der Waals surface area contributed by atoms with E-state index in [0.717, 1.165) is 24.6 Å². The molecule has 0 aliphatic carbocycles. The fraction of sp³-hybridized carbons (Fsp3) is 0.400. The fourth-order valence-corrected chi connectivity index (χ4v) is 5.01. The Morgan fingerprint density at radius 1 is 1.31 bits per heavy atom. The topological polar surface area (TPSA) is 137 Å². The van der Waals surface area contributed by atoms with Gasteiger partial charge < -0.3 is 15.1 Å². The van der Waals surface area contributed by atoms with Gasteiger partial charge in [0, 0.05) is 48.3 Å². The minimum atomic E-state index is -1.18. The van der Waals surface area contributed by atoms with Gasteiger partial charge in [0.15, 0.2) is 5.13 Å². The molecule has 4 heterocycles. The minimum Gasteiger partial charge on any atom is -0.478 e. The Kier molecular flexibility index (Phi) is 7.23. The van der Waals surface area contributed by atoms with E-state index in [1.165, 1.54) is 40.1 Å². The van der Waals surface area contributed by atoms with Crippen LogP contribution in [0.25, 0.3) is 11.7 Å². The predicted octanol–water partition coefficient (Wildman–Crippen LogP) is 3.01. The molecule has 3 aromatic rings. The highest BCUT2D eigenvalue weighted by molar-refractivity contribution is 7.14. The average molecular weight is 512 g/mol. The first-order valence-electron chi connectivity index (χ1n) is 11.7. The van der Waals surface area contributed by atoms with Crippen LogP contribution in [0.5, 0.6) is 0 Å². The minimum absolute atomic E-state index is 0.0152. The number of hydrogen-bond donors (Lipinski definition) is 3. The number of pyridine rings is 1. The summed E-state index contributed by atoms with van der Waals surface area (Å²) in [5.74, 6) is -1.19. The van der Waals surface area contributed by atoms with E-state index >= 15 is 0 Å². The van der Waals surface area contributed by atoms with E-state index < -0.39 is 11.5 Å². The van der Waals surface area contributed by atoms with Crippen LogP contribution in [-0.4, -0.2) is 56.2 Å². The van der Waals surface area contributed by atoms with E-state index in [1.807, 2.05) is 31.1 Å². The van der Waals surface area contributed by atoms with Crippen molar-refractivity contribution in [2.24, 2.45) is 5.92 Å². The second kappa shape index (κ2) is 10.2. The number of anilines is 2. The lowest BCUT2D eigenvalue weighted by molar-refractivity contribution is -0.131. The van der Waals surface area contributed by atoms with Crippen LogP contribution in [0.4, 0.5) is 10.9 Å². The van der Waals surface area contributed by atoms with Crippen molar-refractivity contribution < 1.29 is 19.8 Å². The van der Waals surface area contributed by atoms with Gasteiger partial charge in [-0.15, -0.1) is 11.3 Å². The van der Waals surface area contributed by atoms with E-state index in [2.05, 4.69) is 15.3 Å². The molecule has 0 bridgehead atoms. The van der Waals surface area contributed by atoms with Crippen LogP contribution >= 0.6 is 11.3 Å². The second-order valence-corrected chi connectivity index (χ2v) is 10.7. The molecule has 0 radical (unpaired) electrons. The quantitative estimate of drug-likeness (QED) is 0.430. The van der Waals surface area contributed by atoms with Crippen LogP contribution in [0.2, 0.25) is 0 Å². The molecule has 36 heavy (non-hydrogen) atoms. The molecule has 1 atom stereocenters. The van der Waals surface area contributed by atoms with Gasteiger partial charge in [-0.05, 0) is 37.0 Å². The molecule has 11 heteroatoms. The van der Waals surface area contributed by atoms with E-state index in [1.54, 1.807) is 0 Å². The van der Waals surface area contributed by atoms with Crippen molar-refractivity contribution in [2.45, 2.75) is 39.0 Å². The van der Waals surface area contributed by atoms with Crippen molar-refractivity contribution in [3.63, 3.8) is 0 Å². The molecular weight excluding hydrogens is 482 g/mol. The standard InChI is InChI=1S/C25H29N5O5S/c1-25(2,3)18-14-36-24(26-18)28-22(34)16-8-10-30-19(11-16)27-21(17(23(30)35)6-7-20(32)33)29-9-4-5-15(12-29)13-31/h6-8,10-11,14-15,31H,4-5,9,12-13H2,1-3H3,(H,32,33)(H,26,28,34)/b7-6+. The molecular formula is C25H29N5O5S. The Balaban J connectivity index is 1.72. The molecule has 190 valence electrons. The number of hydrogen-bond acceptors (Lipinski definition) is 8. The number of aliphatic hydroxyl groups excluding tert-OH is 1. The van der Waals surface area contributed by atoms with Gasteiger partial charge in [-0.3, -0.25) is 19.3 Å². The highest BCUT2D eigenvalue weighted by Gasteiger charge is 2.24. The van der Waals surface area contributed by atoms with Gasteiger partial charge in [0.2, 0.25) is 0 Å². The summed E-state index contributed by atoms with van der Waals surface area (Å²) in [6, 6.07) is 3.04. The Hall–Kier alpha value is -3.57. The number of carbonyl (C=O) groups is 2. The number of aromatic nitrogens is 3. The van der Waals surface area contributed by atoms with Crippen molar-refractivity contribution in [2.75, 3.05) is 29.9 Å². The van der Waals surface area contributed by atoms with Gasteiger partial charge >= 0.3 is 5.97 Å². The number of piperidine rings is 1. The first-order chi connectivity index (χ1) is 17.1. The van der Waals surface area contributed by atoms with Crippen LogP contribution in [0, 0.1) is 5.92 Å². The maximum atomic E-state index is 13.3. The number of fused-ring (bicyclic) bond motifs is 1. The van der Waals surface area contributed by atoms with Crippen LogP contribution in [0.15, 0.2) is 34.6 Å². The monoisotopic (exact) mass is 511 g/mol. The molecule has 0 aromatic carbocycles. The zero-order valence-electron chi connectivity index (χ0n) is 20.4. The summed E-state index contributed by atoms with van der Waals surface area (Å²) >= 11 is 1.34. The number of nitrogens with zero attached hydrogens (tertiary/aromatic N) is 4. The lowest BCUT2D eigenvalue weighted by Crippen LogP contribution is -2.39. The summed E-state index contributed by atoms with van der Waals surface area (Å²) in [5.41, 5.74) is 1.00. The van der Waals surface area contributed by atoms with Crippen molar-refractivity contribution in [3.05, 3.63) is 57.0 Å². The zero-order chi connectivity index (χ0) is 26.0. The summed E-state index contributed by atoms with van der Waals surface area (Å²) < 4.78 is 1.29. The van der Waals surface area contributed by atoms with Gasteiger partial charge in [0.1, 0.15) is 11.5 Å². The fourth-order valence-electron chi connectivity index (χ4n) is 4.07. The number of rotatable bonds is 6. The van der Waals surface area contributed by atoms with Crippen molar-refractivity contribution in [1.29, 1.82) is 0 Å². The summed E-state index contributed by atoms with van der Waals surface area (Å²) in [6.45, 7) is 7.26. The van der Waals surface area contributed by atoms with Crippen molar-refractivity contribution in [1.82, 2.24) is 14.4 Å². The third-order valence-electron chi connectivity index (χ3n) is 6.07. The second-order valence-electron chi connectivity index (χ2n) is 9.85. The predicted molar refractivity (Wildman–Crippen MR) is 139 cm³/mol. The molecule has 0 saturated carbocycles. The lowest BCUT2D eigenvalue weighted by Gasteiger charge is -2.33. The Morgan fingerprint density at radius 2 is 2.08 bits per heavy atom. The zero-order valence-corrected chi connectivity index (χ0v) is 21.2. The first kappa shape index (κ1) is 25.5. The molecule has 1 aliphatic heterocycles. The van der Waals surface area contributed by atoms with E-state index in [-0.39, 0.29) is 35.1 Å². The lowest BCUT2D eigenvalue weighted by atomic mass is 9.93. The van der Waals surface area contributed by atoms with Crippen LogP contribution in [0.3, 0.4) is 0 Å². The maximum Gasteiger partial charge on any atom is 0.328 e. The largest absolute Gasteiger partial charge is 0.478 e. The van der Waals surface area contributed by atoms with E-state index in [0.29, 0.717) is 29.6 Å². The van der Waals surface area contributed by atoms with Gasteiger partial charge in [-0.1, -0.05) is 20.8 Å². The van der Waals surface area contributed by atoms with Gasteiger partial charge in [-0.2, -0.15) is 0 Å². The number of amides is 1. The van der Waals surface area contributed by atoms with E-state index in [4.69, 9.17) is 5.11 Å². The maximum absolute atomic E-state index is 13.3. The third kappa shape index (κ3) is 5.47. The molecule has 1 aliphatic rings. The van der Waals surface area contributed by atoms with E-state index in [9.17, 15) is 19.5 Å². The Labute approximate surface area is 211 Å². The Bertz CT molecular complexity index is 1390. The molecule has 1 unspecified atom stereocenters. The van der Waals surface area contributed by atoms with Gasteiger partial charge in [0.05, 0.1) is 11.3 Å². The average Bonchev–Trinajstić information content (AvgIpc) is 3.32. The number of carboxylic acid groups (broad SMARTS) is 1. The van der Waals surface area contributed by atoms with Gasteiger partial charge in [0.25, 0.3) is 11.5 Å². The highest BCUT2D eigenvalue weighted by atomic mass is 32.1. The summed E-state index contributed by atoms with van der Waals surface area (Å²) in [6.07, 6.45) is 5.27. The summed E-state index contributed by atoms with van der Waals surface area (Å²) in [4.78, 5) is 48.5. The number of thiazole rings is 1. The first-order valence-corrected chi connectivity index (χ1v) is 12.6. The smallest absolute Gasteiger partial charge is 0.328 e. The molecule has 3 aromatic heterocycles. The molecule has 1 saturated heterocycles. The third-order valence-corrected chi connectivity index (χ3v) is 6.83. The Morgan fingerprint density at radius 3 is 2.75 bits per heavy atom. The molecule has 1 fully saturated rings. The highest BCUT2D eigenvalue weighted by Crippen LogP contribution is 2.27. The molecule has 4 rings (SSSR count). The number of nitrogens with one attached hydrogen (secondary N) is 1. The molecule has 0 spiro atoms. The normalized spacial score (nSPS) is 16.6. The molecule has 1 amide bonds. The number of aliphatic carboxylic acids is 1. The number of carbonyl (C=O) groups excluding carboxylic acids is 1. The number of carboxylic acids is 1. The summed E-state index contributed by atoms with van der Waals surface area (Å²) in [5, 5.41) is 23.9. The van der Waals surface area contributed by atoms with Crippen LogP contribution in [0.1, 0.15) is 55.2 Å². The van der Waals surface area contributed by atoms with Crippen LogP contribution < -0.4 is 15.8 Å². The SMILES string of the molecule is CC(C)(C)c1csc(NC(=O)c2ccn3c(=O)c(/C=C/C(=O)O)c(N4CCCC(CO)C4)nc3c2)n1. The van der Waals surface area contributed by atoms with Crippen LogP contribution in [-0.2, 0) is 10.2 Å². The van der Waals surface area contributed by atoms with Gasteiger partial charge in [-0.25, -0.2) is 14.8 Å². The summed E-state index contributed by atoms with van der Waals surface area (Å²) in [7, 11) is 0. The molecule has 10 nitrogen and oxygen atoms in total. The van der Waals surface area contributed by atoms with Crippen molar-refractivity contribution in [3.8, 4) is 0 Å². The number of aliphatic hydroxyl groups is 1. The van der Waals surface area contributed by atoms with Crippen molar-refractivity contribution >= 4 is 45.9 Å². The molecule has 3 N–H and O–H groups in total.